The number of carbonyl (C=O) groups excluding carboxylic acids is 1. The quantitative estimate of drug-likeness (QED) is 0.755. The van der Waals surface area contributed by atoms with Crippen LogP contribution in [0.1, 0.15) is 27.7 Å². The lowest BCUT2D eigenvalue weighted by Crippen LogP contribution is -2.37. The maximum absolute atomic E-state index is 12.9. The Morgan fingerprint density at radius 1 is 1.22 bits per heavy atom. The van der Waals surface area contributed by atoms with Gasteiger partial charge in [0.05, 0.1) is 6.10 Å². The summed E-state index contributed by atoms with van der Waals surface area (Å²) in [6.45, 7) is 7.75. The molecule has 0 saturated heterocycles. The van der Waals surface area contributed by atoms with E-state index in [1.165, 1.54) is 12.1 Å². The molecule has 0 amide bonds. The largest absolute Gasteiger partial charge is 0.462 e. The molecular weight excluding hydrogens is 233 g/mol. The molecule has 3 nitrogen and oxygen atoms in total. The van der Waals surface area contributed by atoms with Crippen molar-refractivity contribution in [3.05, 3.63) is 30.1 Å². The van der Waals surface area contributed by atoms with Crippen molar-refractivity contribution in [2.75, 3.05) is 11.4 Å². The van der Waals surface area contributed by atoms with Gasteiger partial charge in [-0.3, -0.25) is 4.79 Å². The molecule has 0 heterocycles. The first-order valence-corrected chi connectivity index (χ1v) is 6.12. The van der Waals surface area contributed by atoms with E-state index < -0.39 is 0 Å². The van der Waals surface area contributed by atoms with E-state index in [2.05, 4.69) is 0 Å². The summed E-state index contributed by atoms with van der Waals surface area (Å²) in [5.74, 6) is -0.560. The number of hydrogen-bond donors (Lipinski definition) is 0. The van der Waals surface area contributed by atoms with Crippen molar-refractivity contribution < 1.29 is 13.9 Å². The van der Waals surface area contributed by atoms with Gasteiger partial charge in [0.15, 0.2) is 0 Å². The van der Waals surface area contributed by atoms with E-state index in [-0.39, 0.29) is 30.5 Å². The van der Waals surface area contributed by atoms with Crippen LogP contribution in [-0.4, -0.2) is 24.7 Å². The molecule has 4 heteroatoms. The van der Waals surface area contributed by atoms with Crippen LogP contribution in [0, 0.1) is 5.82 Å². The summed E-state index contributed by atoms with van der Waals surface area (Å²) in [7, 11) is 0. The minimum Gasteiger partial charge on any atom is -0.462 e. The number of esters is 1. The van der Waals surface area contributed by atoms with Crippen LogP contribution in [0.25, 0.3) is 0 Å². The molecule has 0 fully saturated rings. The van der Waals surface area contributed by atoms with E-state index in [1.807, 2.05) is 32.6 Å². The van der Waals surface area contributed by atoms with Crippen molar-refractivity contribution in [1.82, 2.24) is 0 Å². The third-order valence-electron chi connectivity index (χ3n) is 2.45. The third kappa shape index (κ3) is 4.35. The zero-order valence-corrected chi connectivity index (χ0v) is 11.3. The molecule has 0 aliphatic heterocycles. The summed E-state index contributed by atoms with van der Waals surface area (Å²) < 4.78 is 18.0. The van der Waals surface area contributed by atoms with Gasteiger partial charge in [-0.25, -0.2) is 4.39 Å². The van der Waals surface area contributed by atoms with Gasteiger partial charge in [0.1, 0.15) is 12.4 Å². The number of carbonyl (C=O) groups is 1. The summed E-state index contributed by atoms with van der Waals surface area (Å²) in [4.78, 5) is 13.5. The van der Waals surface area contributed by atoms with Crippen LogP contribution in [0.5, 0.6) is 0 Å². The molecule has 0 atom stereocenters. The summed E-state index contributed by atoms with van der Waals surface area (Å²) in [5.41, 5.74) is 0.812. The summed E-state index contributed by atoms with van der Waals surface area (Å²) in [6, 6.07) is 6.24. The molecule has 1 rings (SSSR count). The lowest BCUT2D eigenvalue weighted by atomic mass is 10.2. The monoisotopic (exact) mass is 253 g/mol. The Balaban J connectivity index is 2.77. The van der Waals surface area contributed by atoms with Crippen molar-refractivity contribution in [3.63, 3.8) is 0 Å². The van der Waals surface area contributed by atoms with Crippen LogP contribution >= 0.6 is 0 Å². The Hall–Kier alpha value is -1.58. The van der Waals surface area contributed by atoms with Crippen LogP contribution in [-0.2, 0) is 9.53 Å². The van der Waals surface area contributed by atoms with Gasteiger partial charge in [0, 0.05) is 11.7 Å². The lowest BCUT2D eigenvalue weighted by molar-refractivity contribution is -0.145. The van der Waals surface area contributed by atoms with Crippen LogP contribution in [0.2, 0.25) is 0 Å². The van der Waals surface area contributed by atoms with Gasteiger partial charge in [-0.2, -0.15) is 0 Å². The van der Waals surface area contributed by atoms with E-state index in [1.54, 1.807) is 12.1 Å². The Morgan fingerprint density at radius 3 is 2.22 bits per heavy atom. The number of ether oxygens (including phenoxy) is 1. The van der Waals surface area contributed by atoms with Gasteiger partial charge in [-0.1, -0.05) is 0 Å². The Bertz CT molecular complexity index is 387. The highest BCUT2D eigenvalue weighted by Crippen LogP contribution is 2.17. The van der Waals surface area contributed by atoms with Crippen LogP contribution in [0.3, 0.4) is 0 Å². The van der Waals surface area contributed by atoms with Crippen LogP contribution < -0.4 is 4.90 Å². The zero-order valence-electron chi connectivity index (χ0n) is 11.3. The molecule has 1 aromatic rings. The van der Waals surface area contributed by atoms with E-state index in [0.717, 1.165) is 5.69 Å². The normalized spacial score (nSPS) is 10.8. The minimum absolute atomic E-state index is 0.125. The average molecular weight is 253 g/mol. The van der Waals surface area contributed by atoms with Crippen LogP contribution in [0.15, 0.2) is 24.3 Å². The van der Waals surface area contributed by atoms with E-state index in [4.69, 9.17) is 4.74 Å². The molecule has 0 aliphatic rings. The predicted molar refractivity (Wildman–Crippen MR) is 70.1 cm³/mol. The number of nitrogens with zero attached hydrogens (tertiary/aromatic N) is 1. The van der Waals surface area contributed by atoms with Crippen molar-refractivity contribution in [2.24, 2.45) is 0 Å². The molecule has 0 N–H and O–H groups in total. The lowest BCUT2D eigenvalue weighted by Gasteiger charge is -2.28. The summed E-state index contributed by atoms with van der Waals surface area (Å²) in [6.07, 6.45) is -0.125. The second kappa shape index (κ2) is 6.38. The molecule has 1 aromatic carbocycles. The number of hydrogen-bond acceptors (Lipinski definition) is 3. The highest BCUT2D eigenvalue weighted by molar-refractivity contribution is 5.76. The summed E-state index contributed by atoms with van der Waals surface area (Å²) in [5, 5.41) is 0. The second-order valence-corrected chi connectivity index (χ2v) is 4.74. The van der Waals surface area contributed by atoms with Crippen molar-refractivity contribution >= 4 is 11.7 Å². The number of halogens is 1. The fourth-order valence-electron chi connectivity index (χ4n) is 1.64. The topological polar surface area (TPSA) is 29.5 Å². The molecular formula is C14H20FNO2. The highest BCUT2D eigenvalue weighted by Gasteiger charge is 2.16. The first-order chi connectivity index (χ1) is 8.40. The molecule has 0 unspecified atom stereocenters. The minimum atomic E-state index is -0.285. The van der Waals surface area contributed by atoms with Gasteiger partial charge >= 0.3 is 5.97 Å². The maximum Gasteiger partial charge on any atom is 0.325 e. The van der Waals surface area contributed by atoms with Crippen molar-refractivity contribution in [1.29, 1.82) is 0 Å². The van der Waals surface area contributed by atoms with Crippen molar-refractivity contribution in [3.8, 4) is 0 Å². The van der Waals surface area contributed by atoms with Gasteiger partial charge in [0.25, 0.3) is 0 Å². The molecule has 0 spiro atoms. The first-order valence-electron chi connectivity index (χ1n) is 6.12. The van der Waals surface area contributed by atoms with E-state index >= 15 is 0 Å². The SMILES string of the molecule is CC(C)OC(=O)CN(c1ccc(F)cc1)C(C)C. The number of rotatable bonds is 5. The molecule has 0 aromatic heterocycles. The Kier molecular flexibility index (Phi) is 5.13. The standard InChI is InChI=1S/C14H20FNO2/c1-10(2)16(9-14(17)18-11(3)4)13-7-5-12(15)6-8-13/h5-8,10-11H,9H2,1-4H3. The Morgan fingerprint density at radius 2 is 1.78 bits per heavy atom. The molecule has 0 saturated carbocycles. The average Bonchev–Trinajstić information content (AvgIpc) is 2.26. The van der Waals surface area contributed by atoms with Crippen LogP contribution in [0.4, 0.5) is 10.1 Å². The van der Waals surface area contributed by atoms with Gasteiger partial charge in [0.2, 0.25) is 0 Å². The van der Waals surface area contributed by atoms with E-state index in [9.17, 15) is 9.18 Å². The molecule has 0 bridgehead atoms. The maximum atomic E-state index is 12.9. The van der Waals surface area contributed by atoms with Gasteiger partial charge < -0.3 is 9.64 Å². The Labute approximate surface area is 108 Å². The fourth-order valence-corrected chi connectivity index (χ4v) is 1.64. The molecule has 18 heavy (non-hydrogen) atoms. The molecule has 0 aliphatic carbocycles. The number of benzene rings is 1. The number of anilines is 1. The van der Waals surface area contributed by atoms with Gasteiger partial charge in [-0.15, -0.1) is 0 Å². The second-order valence-electron chi connectivity index (χ2n) is 4.74. The molecule has 100 valence electrons. The van der Waals surface area contributed by atoms with Crippen molar-refractivity contribution in [2.45, 2.75) is 39.8 Å². The fraction of sp³-hybridized carbons (Fsp3) is 0.500. The first kappa shape index (κ1) is 14.5. The van der Waals surface area contributed by atoms with E-state index in [0.29, 0.717) is 0 Å². The summed E-state index contributed by atoms with van der Waals surface area (Å²) >= 11 is 0. The smallest absolute Gasteiger partial charge is 0.325 e. The zero-order chi connectivity index (χ0) is 13.7. The van der Waals surface area contributed by atoms with Gasteiger partial charge in [-0.05, 0) is 52.0 Å². The third-order valence-corrected chi connectivity index (χ3v) is 2.45. The predicted octanol–water partition coefficient (Wildman–Crippen LogP) is 2.99. The highest BCUT2D eigenvalue weighted by atomic mass is 19.1. The molecule has 0 radical (unpaired) electrons.